The number of hydrogen-bond donors (Lipinski definition) is 0. The van der Waals surface area contributed by atoms with Gasteiger partial charge in [0.2, 0.25) is 0 Å². The maximum atomic E-state index is 5.18. The van der Waals surface area contributed by atoms with E-state index in [0.29, 0.717) is 6.61 Å². The third kappa shape index (κ3) is 1.74. The normalized spacial score (nSPS) is 9.40. The second-order valence-corrected chi connectivity index (χ2v) is 2.63. The van der Waals surface area contributed by atoms with E-state index in [1.165, 1.54) is 0 Å². The smallest absolute Gasteiger partial charge is 0.133 e. The Bertz CT molecular complexity index is 210. The van der Waals surface area contributed by atoms with Gasteiger partial charge in [-0.15, -0.1) is 0 Å². The lowest BCUT2D eigenvalue weighted by atomic mass is 10.3. The molecule has 0 atom stereocenters. The fraction of sp³-hybridized carbons (Fsp3) is 0.125. The van der Waals surface area contributed by atoms with Crippen LogP contribution in [0.25, 0.3) is 0 Å². The van der Waals surface area contributed by atoms with Gasteiger partial charge in [-0.05, 0) is 35.0 Å². The van der Waals surface area contributed by atoms with Gasteiger partial charge in [-0.1, -0.05) is 12.1 Å². The van der Waals surface area contributed by atoms with Gasteiger partial charge in [0.05, 0.1) is 11.1 Å². The molecule has 0 N–H and O–H groups in total. The van der Waals surface area contributed by atoms with E-state index in [9.17, 15) is 0 Å². The summed E-state index contributed by atoms with van der Waals surface area (Å²) in [7, 11) is 0. The van der Waals surface area contributed by atoms with Gasteiger partial charge < -0.3 is 4.74 Å². The zero-order chi connectivity index (χ0) is 7.40. The first-order valence-electron chi connectivity index (χ1n) is 3.01. The molecule has 0 fully saturated rings. The number of rotatable bonds is 2. The lowest BCUT2D eigenvalue weighted by molar-refractivity contribution is 0.359. The zero-order valence-electron chi connectivity index (χ0n) is 5.51. The van der Waals surface area contributed by atoms with E-state index in [0.717, 1.165) is 10.2 Å². The van der Waals surface area contributed by atoms with Crippen molar-refractivity contribution in [1.29, 1.82) is 0 Å². The van der Waals surface area contributed by atoms with Crippen molar-refractivity contribution in [2.45, 2.75) is 0 Å². The predicted molar refractivity (Wildman–Crippen MR) is 45.0 cm³/mol. The van der Waals surface area contributed by atoms with Crippen molar-refractivity contribution in [3.8, 4) is 5.75 Å². The highest BCUT2D eigenvalue weighted by molar-refractivity contribution is 9.10. The average Bonchev–Trinajstić information content (AvgIpc) is 1.94. The van der Waals surface area contributed by atoms with E-state index < -0.39 is 0 Å². The Balaban J connectivity index is 2.81. The summed E-state index contributed by atoms with van der Waals surface area (Å²) in [6.45, 7) is 4.04. The second-order valence-electron chi connectivity index (χ2n) is 1.78. The average molecular weight is 200 g/mol. The van der Waals surface area contributed by atoms with Crippen LogP contribution < -0.4 is 4.74 Å². The molecule has 1 aromatic rings. The van der Waals surface area contributed by atoms with Gasteiger partial charge in [-0.25, -0.2) is 0 Å². The summed E-state index contributed by atoms with van der Waals surface area (Å²) in [5.41, 5.74) is 0. The molecular weight excluding hydrogens is 192 g/mol. The van der Waals surface area contributed by atoms with E-state index in [-0.39, 0.29) is 0 Å². The van der Waals surface area contributed by atoms with Crippen molar-refractivity contribution in [1.82, 2.24) is 0 Å². The van der Waals surface area contributed by atoms with Gasteiger partial charge in [-0.2, -0.15) is 0 Å². The van der Waals surface area contributed by atoms with Crippen LogP contribution >= 0.6 is 15.9 Å². The molecule has 0 aliphatic heterocycles. The first-order valence-corrected chi connectivity index (χ1v) is 3.80. The zero-order valence-corrected chi connectivity index (χ0v) is 7.10. The molecule has 1 aromatic carbocycles. The van der Waals surface area contributed by atoms with Crippen LogP contribution in [-0.4, -0.2) is 6.61 Å². The Labute approximate surface area is 69.1 Å². The minimum Gasteiger partial charge on any atom is -0.492 e. The first kappa shape index (κ1) is 7.61. The summed E-state index contributed by atoms with van der Waals surface area (Å²) >= 11 is 3.34. The number of para-hydroxylation sites is 1. The molecule has 1 rings (SSSR count). The fourth-order valence-corrected chi connectivity index (χ4v) is 1.07. The van der Waals surface area contributed by atoms with Crippen LogP contribution in [0.4, 0.5) is 0 Å². The third-order valence-electron chi connectivity index (χ3n) is 1.09. The van der Waals surface area contributed by atoms with Crippen molar-refractivity contribution in [3.63, 3.8) is 0 Å². The molecule has 0 aliphatic rings. The van der Waals surface area contributed by atoms with E-state index in [1.807, 2.05) is 24.3 Å². The molecule has 0 saturated heterocycles. The van der Waals surface area contributed by atoms with Crippen LogP contribution in [0.1, 0.15) is 0 Å². The Morgan fingerprint density at radius 3 is 2.70 bits per heavy atom. The molecule has 10 heavy (non-hydrogen) atoms. The summed E-state index contributed by atoms with van der Waals surface area (Å²) < 4.78 is 6.15. The monoisotopic (exact) mass is 199 g/mol. The van der Waals surface area contributed by atoms with Crippen LogP contribution in [0.3, 0.4) is 0 Å². The lowest BCUT2D eigenvalue weighted by Crippen LogP contribution is -1.91. The van der Waals surface area contributed by atoms with Crippen LogP contribution in [0.2, 0.25) is 0 Å². The third-order valence-corrected chi connectivity index (χ3v) is 1.75. The number of ether oxygens (including phenoxy) is 1. The second kappa shape index (κ2) is 3.62. The summed E-state index contributed by atoms with van der Waals surface area (Å²) in [6, 6.07) is 7.70. The van der Waals surface area contributed by atoms with Gasteiger partial charge in [0.15, 0.2) is 0 Å². The quantitative estimate of drug-likeness (QED) is 0.712. The Hall–Kier alpha value is -0.500. The van der Waals surface area contributed by atoms with Gasteiger partial charge in [0.1, 0.15) is 5.75 Å². The van der Waals surface area contributed by atoms with E-state index in [1.54, 1.807) is 0 Å². The topological polar surface area (TPSA) is 9.23 Å². The molecular formula is C8H8BrO. The summed E-state index contributed by atoms with van der Waals surface area (Å²) in [4.78, 5) is 0. The van der Waals surface area contributed by atoms with Crippen molar-refractivity contribution < 1.29 is 4.74 Å². The van der Waals surface area contributed by atoms with E-state index in [2.05, 4.69) is 22.9 Å². The van der Waals surface area contributed by atoms with Gasteiger partial charge in [0, 0.05) is 0 Å². The maximum absolute atomic E-state index is 5.18. The van der Waals surface area contributed by atoms with Crippen molar-refractivity contribution in [2.24, 2.45) is 0 Å². The molecule has 0 unspecified atom stereocenters. The number of hydrogen-bond acceptors (Lipinski definition) is 1. The van der Waals surface area contributed by atoms with E-state index >= 15 is 0 Å². The molecule has 2 heteroatoms. The van der Waals surface area contributed by atoms with Crippen molar-refractivity contribution in [3.05, 3.63) is 35.7 Å². The van der Waals surface area contributed by atoms with Crippen LogP contribution in [-0.2, 0) is 0 Å². The standard InChI is InChI=1S/C8H8BrO/c1-2-10-8-6-4-3-5-7(8)9/h3-6H,1-2H2. The van der Waals surface area contributed by atoms with Crippen LogP contribution in [0.5, 0.6) is 5.75 Å². The number of benzene rings is 1. The largest absolute Gasteiger partial charge is 0.492 e. The molecule has 0 bridgehead atoms. The fourth-order valence-electron chi connectivity index (χ4n) is 0.672. The molecule has 1 radical (unpaired) electrons. The highest BCUT2D eigenvalue weighted by Gasteiger charge is 1.94. The van der Waals surface area contributed by atoms with Crippen molar-refractivity contribution in [2.75, 3.05) is 6.61 Å². The highest BCUT2D eigenvalue weighted by atomic mass is 79.9. The Morgan fingerprint density at radius 2 is 2.10 bits per heavy atom. The summed E-state index contributed by atoms with van der Waals surface area (Å²) in [5.74, 6) is 0.845. The summed E-state index contributed by atoms with van der Waals surface area (Å²) in [6.07, 6.45) is 0. The Morgan fingerprint density at radius 1 is 1.40 bits per heavy atom. The van der Waals surface area contributed by atoms with Crippen molar-refractivity contribution >= 4 is 15.9 Å². The SMILES string of the molecule is [CH2]COc1ccccc1Br. The molecule has 53 valence electrons. The number of halogens is 1. The van der Waals surface area contributed by atoms with Gasteiger partial charge >= 0.3 is 0 Å². The first-order chi connectivity index (χ1) is 4.84. The maximum Gasteiger partial charge on any atom is 0.133 e. The molecule has 0 spiro atoms. The predicted octanol–water partition coefficient (Wildman–Crippen LogP) is 2.66. The molecule has 0 saturated carbocycles. The van der Waals surface area contributed by atoms with Crippen LogP contribution in [0.15, 0.2) is 28.7 Å². The lowest BCUT2D eigenvalue weighted by Gasteiger charge is -2.03. The molecule has 0 amide bonds. The van der Waals surface area contributed by atoms with E-state index in [4.69, 9.17) is 4.74 Å². The van der Waals surface area contributed by atoms with Gasteiger partial charge in [0.25, 0.3) is 0 Å². The molecule has 1 nitrogen and oxygen atoms in total. The van der Waals surface area contributed by atoms with Crippen LogP contribution in [0, 0.1) is 6.92 Å². The van der Waals surface area contributed by atoms with Gasteiger partial charge in [-0.3, -0.25) is 0 Å². The minimum atomic E-state index is 0.461. The highest BCUT2D eigenvalue weighted by Crippen LogP contribution is 2.23. The Kier molecular flexibility index (Phi) is 2.75. The summed E-state index contributed by atoms with van der Waals surface area (Å²) in [5, 5.41) is 0. The molecule has 0 aliphatic carbocycles. The molecule has 0 aromatic heterocycles. The molecule has 0 heterocycles. The minimum absolute atomic E-state index is 0.461.